The van der Waals surface area contributed by atoms with E-state index < -0.39 is 0 Å². The maximum Gasteiger partial charge on any atom is 0.225 e. The van der Waals surface area contributed by atoms with Crippen molar-refractivity contribution in [3.05, 3.63) is 47.0 Å². The number of benzene rings is 1. The Morgan fingerprint density at radius 3 is 2.61 bits per heavy atom. The molecule has 1 aromatic carbocycles. The van der Waals surface area contributed by atoms with Crippen molar-refractivity contribution in [3.63, 3.8) is 0 Å². The van der Waals surface area contributed by atoms with Crippen molar-refractivity contribution in [3.8, 4) is 0 Å². The molecule has 0 unspecified atom stereocenters. The Bertz CT molecular complexity index is 856. The number of carbonyl (C=O) groups excluding carboxylic acids is 1. The number of fused-ring (bicyclic) bond motifs is 1. The van der Waals surface area contributed by atoms with Gasteiger partial charge in [-0.15, -0.1) is 5.10 Å². The molecule has 0 bridgehead atoms. The van der Waals surface area contributed by atoms with Gasteiger partial charge in [0.15, 0.2) is 0 Å². The minimum absolute atomic E-state index is 0.139. The summed E-state index contributed by atoms with van der Waals surface area (Å²) in [6.07, 6.45) is 1.98. The molecular formula is C20H24FN5O2. The molecule has 3 aliphatic rings. The molecule has 1 atom stereocenters. The smallest absolute Gasteiger partial charge is 0.225 e. The minimum atomic E-state index is -0.248. The summed E-state index contributed by atoms with van der Waals surface area (Å²) in [5, 5.41) is 8.69. The molecule has 0 N–H and O–H groups in total. The van der Waals surface area contributed by atoms with Gasteiger partial charge in [-0.25, -0.2) is 9.07 Å². The number of aromatic nitrogens is 3. The minimum Gasteiger partial charge on any atom is -0.365 e. The van der Waals surface area contributed by atoms with Gasteiger partial charge in [0.25, 0.3) is 0 Å². The van der Waals surface area contributed by atoms with E-state index in [-0.39, 0.29) is 11.9 Å². The summed E-state index contributed by atoms with van der Waals surface area (Å²) in [5.41, 5.74) is 2.90. The van der Waals surface area contributed by atoms with Gasteiger partial charge in [-0.05, 0) is 30.5 Å². The Labute approximate surface area is 163 Å². The van der Waals surface area contributed by atoms with Crippen LogP contribution >= 0.6 is 0 Å². The van der Waals surface area contributed by atoms with Crippen molar-refractivity contribution in [1.29, 1.82) is 0 Å². The van der Waals surface area contributed by atoms with Crippen molar-refractivity contribution in [2.45, 2.75) is 38.6 Å². The first-order valence-electron chi connectivity index (χ1n) is 9.97. The molecule has 2 aliphatic heterocycles. The molecular weight excluding hydrogens is 361 g/mol. The molecule has 28 heavy (non-hydrogen) atoms. The molecule has 2 aromatic rings. The predicted octanol–water partition coefficient (Wildman–Crippen LogP) is 1.74. The monoisotopic (exact) mass is 385 g/mol. The van der Waals surface area contributed by atoms with Crippen LogP contribution in [0.15, 0.2) is 24.3 Å². The summed E-state index contributed by atoms with van der Waals surface area (Å²) in [7, 11) is 0. The molecule has 0 spiro atoms. The Morgan fingerprint density at radius 2 is 1.89 bits per heavy atom. The highest BCUT2D eigenvalue weighted by Gasteiger charge is 2.35. The molecule has 1 saturated heterocycles. The molecule has 5 rings (SSSR count). The Hall–Kier alpha value is -2.32. The fraction of sp³-hybridized carbons (Fsp3) is 0.550. The van der Waals surface area contributed by atoms with Crippen molar-refractivity contribution < 1.29 is 13.9 Å². The van der Waals surface area contributed by atoms with E-state index in [2.05, 4.69) is 15.2 Å². The van der Waals surface area contributed by atoms with Gasteiger partial charge >= 0.3 is 0 Å². The highest BCUT2D eigenvalue weighted by Crippen LogP contribution is 2.31. The topological polar surface area (TPSA) is 63.5 Å². The third-order valence-corrected chi connectivity index (χ3v) is 5.90. The fourth-order valence-corrected chi connectivity index (χ4v) is 3.99. The van der Waals surface area contributed by atoms with E-state index in [1.165, 1.54) is 12.1 Å². The second kappa shape index (κ2) is 7.25. The summed E-state index contributed by atoms with van der Waals surface area (Å²) in [5.74, 6) is 0.380. The summed E-state index contributed by atoms with van der Waals surface area (Å²) < 4.78 is 21.0. The van der Waals surface area contributed by atoms with Crippen molar-refractivity contribution in [2.75, 3.05) is 26.2 Å². The maximum atomic E-state index is 13.1. The summed E-state index contributed by atoms with van der Waals surface area (Å²) in [4.78, 5) is 16.5. The summed E-state index contributed by atoms with van der Waals surface area (Å²) in [6, 6.07) is 6.42. The van der Waals surface area contributed by atoms with E-state index >= 15 is 0 Å². The van der Waals surface area contributed by atoms with Gasteiger partial charge in [0.05, 0.1) is 18.8 Å². The van der Waals surface area contributed by atoms with Crippen LogP contribution in [0.4, 0.5) is 4.39 Å². The van der Waals surface area contributed by atoms with Gasteiger partial charge < -0.3 is 9.64 Å². The molecule has 7 nitrogen and oxygen atoms in total. The van der Waals surface area contributed by atoms with E-state index in [1.807, 2.05) is 9.58 Å². The van der Waals surface area contributed by atoms with Crippen LogP contribution in [-0.4, -0.2) is 56.9 Å². The van der Waals surface area contributed by atoms with E-state index in [1.54, 1.807) is 12.1 Å². The lowest BCUT2D eigenvalue weighted by molar-refractivity contribution is -0.134. The molecule has 2 fully saturated rings. The van der Waals surface area contributed by atoms with Gasteiger partial charge in [-0.2, -0.15) is 0 Å². The SMILES string of the molecule is O=C(C1CC1)N1CCN(Cc2nnn3c2CO[C@H](c2ccc(F)cc2)C3)CC1. The maximum absolute atomic E-state index is 13.1. The van der Waals surface area contributed by atoms with E-state index in [4.69, 9.17) is 4.74 Å². The second-order valence-corrected chi connectivity index (χ2v) is 7.89. The number of halogens is 1. The Balaban J connectivity index is 1.20. The molecule has 1 saturated carbocycles. The number of ether oxygens (including phenoxy) is 1. The van der Waals surface area contributed by atoms with E-state index in [0.29, 0.717) is 25.0 Å². The van der Waals surface area contributed by atoms with Crippen LogP contribution in [0.3, 0.4) is 0 Å². The quantitative estimate of drug-likeness (QED) is 0.802. The van der Waals surface area contributed by atoms with Gasteiger partial charge in [-0.1, -0.05) is 17.3 Å². The van der Waals surface area contributed by atoms with Gasteiger partial charge in [-0.3, -0.25) is 9.69 Å². The average molecular weight is 385 g/mol. The van der Waals surface area contributed by atoms with Crippen LogP contribution in [0.2, 0.25) is 0 Å². The third kappa shape index (κ3) is 3.54. The van der Waals surface area contributed by atoms with Gasteiger partial charge in [0, 0.05) is 38.6 Å². The fourth-order valence-electron chi connectivity index (χ4n) is 3.99. The molecule has 8 heteroatoms. The second-order valence-electron chi connectivity index (χ2n) is 7.89. The summed E-state index contributed by atoms with van der Waals surface area (Å²) in [6.45, 7) is 5.07. The van der Waals surface area contributed by atoms with Crippen LogP contribution in [0.5, 0.6) is 0 Å². The highest BCUT2D eigenvalue weighted by atomic mass is 19.1. The first-order valence-corrected chi connectivity index (χ1v) is 9.97. The number of amides is 1. The van der Waals surface area contributed by atoms with Crippen molar-refractivity contribution in [1.82, 2.24) is 24.8 Å². The lowest BCUT2D eigenvalue weighted by Gasteiger charge is -2.34. The third-order valence-electron chi connectivity index (χ3n) is 5.90. The number of rotatable bonds is 4. The van der Waals surface area contributed by atoms with E-state index in [9.17, 15) is 9.18 Å². The lowest BCUT2D eigenvalue weighted by Crippen LogP contribution is -2.48. The normalized spacial score (nSPS) is 22.9. The number of hydrogen-bond donors (Lipinski definition) is 0. The van der Waals surface area contributed by atoms with Gasteiger partial charge in [0.2, 0.25) is 5.91 Å². The van der Waals surface area contributed by atoms with Crippen LogP contribution in [-0.2, 0) is 29.2 Å². The molecule has 148 valence electrons. The highest BCUT2D eigenvalue weighted by molar-refractivity contribution is 5.81. The first-order chi connectivity index (χ1) is 13.7. The van der Waals surface area contributed by atoms with Crippen LogP contribution in [0.1, 0.15) is 35.9 Å². The zero-order valence-electron chi connectivity index (χ0n) is 15.8. The zero-order chi connectivity index (χ0) is 19.1. The molecule has 1 amide bonds. The predicted molar refractivity (Wildman–Crippen MR) is 98.5 cm³/mol. The van der Waals surface area contributed by atoms with Crippen LogP contribution in [0.25, 0.3) is 0 Å². The number of nitrogens with zero attached hydrogens (tertiary/aromatic N) is 5. The largest absolute Gasteiger partial charge is 0.365 e. The van der Waals surface area contributed by atoms with Gasteiger partial charge in [0.1, 0.15) is 17.6 Å². The first kappa shape index (κ1) is 17.8. The molecule has 1 aliphatic carbocycles. The van der Waals surface area contributed by atoms with Crippen molar-refractivity contribution >= 4 is 5.91 Å². The average Bonchev–Trinajstić information content (AvgIpc) is 3.50. The van der Waals surface area contributed by atoms with Crippen LogP contribution in [0, 0.1) is 11.7 Å². The molecule has 3 heterocycles. The summed E-state index contributed by atoms with van der Waals surface area (Å²) >= 11 is 0. The standard InChI is InChI=1S/C20H24FN5O2/c21-16-5-3-14(4-6-16)19-12-26-18(13-28-19)17(22-23-26)11-24-7-9-25(10-8-24)20(27)15-1-2-15/h3-6,15,19H,1-2,7-13H2/t19-/m0/s1. The molecule has 0 radical (unpaired) electrons. The Morgan fingerprint density at radius 1 is 1.14 bits per heavy atom. The molecule has 1 aromatic heterocycles. The van der Waals surface area contributed by atoms with E-state index in [0.717, 1.165) is 62.5 Å². The lowest BCUT2D eigenvalue weighted by atomic mass is 10.1. The Kier molecular flexibility index (Phi) is 4.60. The number of hydrogen-bond acceptors (Lipinski definition) is 5. The number of piperazine rings is 1. The zero-order valence-corrected chi connectivity index (χ0v) is 15.8. The van der Waals surface area contributed by atoms with Crippen LogP contribution < -0.4 is 0 Å². The number of carbonyl (C=O) groups is 1. The van der Waals surface area contributed by atoms with Crippen molar-refractivity contribution in [2.24, 2.45) is 5.92 Å².